The Bertz CT molecular complexity index is 7030. The van der Waals surface area contributed by atoms with E-state index in [0.29, 0.717) is 44.5 Å². The second-order valence-corrected chi connectivity index (χ2v) is 33.2. The number of nitrogens with zero attached hydrogens (tertiary/aromatic N) is 4. The van der Waals surface area contributed by atoms with Gasteiger partial charge in [-0.1, -0.05) is 224 Å². The summed E-state index contributed by atoms with van der Waals surface area (Å²) in [6.45, 7) is 8.30. The van der Waals surface area contributed by atoms with Crippen LogP contribution in [0.2, 0.25) is 0 Å². The van der Waals surface area contributed by atoms with Crippen LogP contribution in [-0.4, -0.2) is 47.3 Å². The predicted molar refractivity (Wildman–Crippen MR) is 537 cm³/mol. The number of hydrogen-bond donors (Lipinski definition) is 0. The van der Waals surface area contributed by atoms with Gasteiger partial charge in [-0.2, -0.15) is 0 Å². The van der Waals surface area contributed by atoms with Gasteiger partial charge < -0.3 is 19.6 Å². The molecule has 0 saturated carbocycles. The van der Waals surface area contributed by atoms with Crippen molar-refractivity contribution >= 4 is 160 Å². The quantitative estimate of drug-likeness (QED) is 0.0348. The van der Waals surface area contributed by atoms with E-state index in [1.54, 1.807) is 12.2 Å². The highest BCUT2D eigenvalue weighted by Crippen LogP contribution is 2.44. The van der Waals surface area contributed by atoms with E-state index >= 15 is 0 Å². The summed E-state index contributed by atoms with van der Waals surface area (Å²) < 4.78 is 0. The van der Waals surface area contributed by atoms with E-state index in [-0.39, 0.29) is 59.7 Å². The highest BCUT2D eigenvalue weighted by Gasteiger charge is 2.36. The monoisotopic (exact) mass is 1710 g/mol. The smallest absolute Gasteiger partial charge is 0.197 e. The van der Waals surface area contributed by atoms with Gasteiger partial charge in [0.15, 0.2) is 34.7 Å². The predicted octanol–water partition coefficient (Wildman–Crippen LogP) is 29.9. The molecular formula is C120H88N4O8. The number of rotatable bonds is 18. The molecule has 132 heavy (non-hydrogen) atoms. The van der Waals surface area contributed by atoms with Crippen molar-refractivity contribution in [1.29, 1.82) is 0 Å². The molecule has 0 heterocycles. The lowest BCUT2D eigenvalue weighted by molar-refractivity contribution is 0.0916. The first kappa shape index (κ1) is 85.6. The molecule has 0 saturated heterocycles. The summed E-state index contributed by atoms with van der Waals surface area (Å²) in [5.41, 5.74) is 27.1. The highest BCUT2D eigenvalue weighted by molar-refractivity contribution is 6.43. The van der Waals surface area contributed by atoms with Crippen LogP contribution < -0.4 is 19.6 Å². The van der Waals surface area contributed by atoms with Crippen LogP contribution in [0.5, 0.6) is 0 Å². The lowest BCUT2D eigenvalue weighted by Gasteiger charge is -2.26. The Kier molecular flexibility index (Phi) is 24.0. The fourth-order valence-electron chi connectivity index (χ4n) is 17.3. The molecule has 0 atom stereocenters. The third-order valence-electron chi connectivity index (χ3n) is 24.4. The van der Waals surface area contributed by atoms with Gasteiger partial charge in [-0.05, 0) is 312 Å². The number of aryl methyl sites for hydroxylation is 4. The topological polar surface area (TPSA) is 150 Å². The fourth-order valence-corrected chi connectivity index (χ4v) is 17.3. The van der Waals surface area contributed by atoms with E-state index in [1.807, 2.05) is 206 Å². The van der Waals surface area contributed by atoms with Gasteiger partial charge in [0.2, 0.25) is 0 Å². The van der Waals surface area contributed by atoms with Crippen molar-refractivity contribution in [2.45, 2.75) is 41.5 Å². The molecule has 0 spiro atoms. The lowest BCUT2D eigenvalue weighted by atomic mass is 10.0. The molecule has 3 aliphatic rings. The first-order chi connectivity index (χ1) is 63.9. The maximum absolute atomic E-state index is 13.5. The maximum Gasteiger partial charge on any atom is 0.197 e. The molecule has 0 N–H and O–H groups in total. The number of aldehydes is 2. The van der Waals surface area contributed by atoms with Crippen LogP contribution >= 0.6 is 0 Å². The van der Waals surface area contributed by atoms with E-state index in [9.17, 15) is 38.4 Å². The molecule has 18 aromatic carbocycles. The number of fused-ring (bicyclic) bond motifs is 6. The van der Waals surface area contributed by atoms with Crippen LogP contribution in [0.15, 0.2) is 412 Å². The average Bonchev–Trinajstić information content (AvgIpc) is 1.62. The number of hydrogen-bond acceptors (Lipinski definition) is 12. The standard InChI is InChI=1S/C66H44N2O4.C40H32N2O2.C13H8O2.CH4/c1-41-11-23-51(24-12-41)67(53-27-15-43(16-28-53)35-61-63(69)57-37-47-7-3-4-8-48(47)38-58(57)64(61)70)55-31-19-45(20-32-55)46-21-33-56(34-22-46)68(52-25-13-42(2)14-26-52)54-29-17-44(18-30-54)36-62-65(71)59-39-49-9-5-6-10-50(49)40-60(59)66(62)72;1-29-3-15-35(16-4-29)41(37-19-7-31(27-43)8-20-37)39-23-11-33(12-24-39)34-13-25-40(26-14-34)42(36-17-5-30(2)6-18-36)38-21-9-32(28-44)10-22-38;14-12-7-13(15)11-6-9-4-2-1-3-8(9)5-10(11)12;/h3-40H,1-2H3;3-28H,1-2H3;1-6H,7H2;1H4. The molecule has 12 nitrogen and oxygen atoms in total. The van der Waals surface area contributed by atoms with Crippen molar-refractivity contribution in [3.8, 4) is 22.3 Å². The maximum atomic E-state index is 13.5. The number of carbonyl (C=O) groups is 8. The van der Waals surface area contributed by atoms with Gasteiger partial charge in [0.1, 0.15) is 12.6 Å². The zero-order valence-corrected chi connectivity index (χ0v) is 72.2. The number of ketones is 6. The molecule has 21 rings (SSSR count). The molecule has 0 bridgehead atoms. The van der Waals surface area contributed by atoms with Crippen LogP contribution in [0.1, 0.15) is 130 Å². The molecule has 0 fully saturated rings. The third-order valence-corrected chi connectivity index (χ3v) is 24.4. The van der Waals surface area contributed by atoms with E-state index in [2.05, 4.69) is 241 Å². The van der Waals surface area contributed by atoms with Crippen LogP contribution in [0, 0.1) is 27.7 Å². The number of carbonyl (C=O) groups excluding carboxylic acids is 8. The Hall–Kier alpha value is -17.2. The van der Waals surface area contributed by atoms with Gasteiger partial charge in [0.25, 0.3) is 0 Å². The third kappa shape index (κ3) is 17.5. The number of benzene rings is 18. The van der Waals surface area contributed by atoms with Crippen LogP contribution in [-0.2, 0) is 0 Å². The first-order valence-electron chi connectivity index (χ1n) is 43.4. The Labute approximate surface area is 766 Å². The SMILES string of the molecule is C.Cc1ccc(N(c2ccc(C=C3C(=O)c4cc5ccccc5cc4C3=O)cc2)c2ccc(-c3ccc(N(c4ccc(C)cc4)c4ccc(C=C5C(=O)c6cc7ccccc7cc6C5=O)cc4)cc3)cc2)cc1.Cc1ccc(N(c2ccc(C=O)cc2)c2ccc(-c3ccc(N(c4ccc(C)cc4)c4ccc(C=O)cc4)cc3)cc2)cc1.O=C1CC(=O)c2cc3ccccc3cc21. The summed E-state index contributed by atoms with van der Waals surface area (Å²) in [4.78, 5) is 108. The van der Waals surface area contributed by atoms with Crippen molar-refractivity contribution < 1.29 is 38.4 Å². The fraction of sp³-hybridized carbons (Fsp3) is 0.0500. The molecule has 3 aliphatic carbocycles. The Balaban J connectivity index is 0.000000164. The van der Waals surface area contributed by atoms with Gasteiger partial charge >= 0.3 is 0 Å². The molecule has 0 unspecified atom stereocenters. The largest absolute Gasteiger partial charge is 0.311 e. The van der Waals surface area contributed by atoms with Gasteiger partial charge in [-0.3, -0.25) is 38.4 Å². The van der Waals surface area contributed by atoms with E-state index in [4.69, 9.17) is 0 Å². The van der Waals surface area contributed by atoms with Crippen LogP contribution in [0.25, 0.3) is 66.7 Å². The molecule has 0 amide bonds. The zero-order chi connectivity index (χ0) is 89.9. The van der Waals surface area contributed by atoms with Gasteiger partial charge in [0, 0.05) is 113 Å². The molecule has 0 aromatic heterocycles. The Morgan fingerprint density at radius 2 is 0.371 bits per heavy atom. The zero-order valence-electron chi connectivity index (χ0n) is 72.2. The summed E-state index contributed by atoms with van der Waals surface area (Å²) in [5.74, 6) is -1.09. The van der Waals surface area contributed by atoms with E-state index < -0.39 is 0 Å². The second-order valence-electron chi connectivity index (χ2n) is 33.2. The normalized spacial score (nSPS) is 12.3. The summed E-state index contributed by atoms with van der Waals surface area (Å²) in [6, 6.07) is 133. The molecule has 12 heteroatoms. The van der Waals surface area contributed by atoms with Crippen LogP contribution in [0.4, 0.5) is 68.2 Å². The minimum atomic E-state index is -0.246. The molecule has 636 valence electrons. The van der Waals surface area contributed by atoms with E-state index in [1.165, 1.54) is 11.1 Å². The minimum absolute atomic E-state index is 0. The highest BCUT2D eigenvalue weighted by atomic mass is 16.2. The minimum Gasteiger partial charge on any atom is -0.311 e. The molecule has 0 aliphatic heterocycles. The summed E-state index contributed by atoms with van der Waals surface area (Å²) in [5, 5.41) is 5.76. The first-order valence-corrected chi connectivity index (χ1v) is 43.4. The molecule has 0 radical (unpaired) electrons. The van der Waals surface area contributed by atoms with Gasteiger partial charge in [-0.25, -0.2) is 0 Å². The van der Waals surface area contributed by atoms with E-state index in [0.717, 1.165) is 158 Å². The number of anilines is 12. The lowest BCUT2D eigenvalue weighted by Crippen LogP contribution is -2.10. The number of allylic oxidation sites excluding steroid dienone is 2. The van der Waals surface area contributed by atoms with Crippen LogP contribution in [0.3, 0.4) is 0 Å². The summed E-state index contributed by atoms with van der Waals surface area (Å²) >= 11 is 0. The van der Waals surface area contributed by atoms with Gasteiger partial charge in [-0.15, -0.1) is 0 Å². The van der Waals surface area contributed by atoms with Crippen molar-refractivity contribution in [2.75, 3.05) is 19.6 Å². The van der Waals surface area contributed by atoms with Crippen molar-refractivity contribution in [1.82, 2.24) is 0 Å². The summed E-state index contributed by atoms with van der Waals surface area (Å²) in [7, 11) is 0. The Morgan fingerprint density at radius 3 is 0.561 bits per heavy atom. The molecular weight excluding hydrogens is 1630 g/mol. The number of Topliss-reactive ketones (excluding diaryl/α,β-unsaturated/α-hetero) is 6. The summed E-state index contributed by atoms with van der Waals surface area (Å²) in [6.07, 6.45) is 5.17. The molecule has 18 aromatic rings. The second kappa shape index (κ2) is 37.0. The average molecular weight is 1710 g/mol. The van der Waals surface area contributed by atoms with Gasteiger partial charge in [0.05, 0.1) is 17.6 Å². The van der Waals surface area contributed by atoms with Crippen molar-refractivity contribution in [3.63, 3.8) is 0 Å². The Morgan fingerprint density at radius 1 is 0.205 bits per heavy atom. The van der Waals surface area contributed by atoms with Crippen molar-refractivity contribution in [2.24, 2.45) is 0 Å². The van der Waals surface area contributed by atoms with Crippen molar-refractivity contribution in [3.05, 3.63) is 489 Å².